The van der Waals surface area contributed by atoms with E-state index in [1.165, 1.54) is 6.20 Å². The number of nitrogens with one attached hydrogen (secondary N) is 1. The van der Waals surface area contributed by atoms with Gasteiger partial charge in [-0.25, -0.2) is 4.98 Å². The van der Waals surface area contributed by atoms with Gasteiger partial charge in [-0.1, -0.05) is 29.8 Å². The molecule has 32 heavy (non-hydrogen) atoms. The number of para-hydroxylation sites is 1. The van der Waals surface area contributed by atoms with Crippen LogP contribution in [0.5, 0.6) is 11.5 Å². The molecule has 1 aromatic heterocycles. The van der Waals surface area contributed by atoms with Crippen LogP contribution in [0.2, 0.25) is 5.15 Å². The van der Waals surface area contributed by atoms with Gasteiger partial charge < -0.3 is 19.7 Å². The molecule has 0 aliphatic carbocycles. The van der Waals surface area contributed by atoms with E-state index in [1.807, 2.05) is 24.3 Å². The smallest absolute Gasteiger partial charge is 0.263 e. The number of methoxy groups -OCH3 is 1. The summed E-state index contributed by atoms with van der Waals surface area (Å²) in [4.78, 5) is 31.2. The van der Waals surface area contributed by atoms with Crippen LogP contribution in [-0.4, -0.2) is 34.9 Å². The summed E-state index contributed by atoms with van der Waals surface area (Å²) >= 11 is 6.03. The van der Waals surface area contributed by atoms with E-state index in [9.17, 15) is 9.59 Å². The van der Waals surface area contributed by atoms with Crippen molar-refractivity contribution >= 4 is 29.1 Å². The molecule has 3 aromatic rings. The molecule has 2 amide bonds. The lowest BCUT2D eigenvalue weighted by Crippen LogP contribution is -2.37. The van der Waals surface area contributed by atoms with E-state index in [4.69, 9.17) is 21.1 Å². The first kappa shape index (κ1) is 21.6. The molecule has 0 saturated carbocycles. The fraction of sp³-hybridized carbons (Fsp3) is 0.208. The van der Waals surface area contributed by atoms with Gasteiger partial charge in [0.2, 0.25) is 0 Å². The third-order valence-corrected chi connectivity index (χ3v) is 5.50. The second-order valence-corrected chi connectivity index (χ2v) is 7.74. The summed E-state index contributed by atoms with van der Waals surface area (Å²) in [6.07, 6.45) is 0.883. The maximum atomic E-state index is 13.0. The molecular formula is C24H22ClN3O4. The summed E-state index contributed by atoms with van der Waals surface area (Å²) in [6, 6.07) is 16.1. The first-order valence-electron chi connectivity index (χ1n) is 10.1. The predicted molar refractivity (Wildman–Crippen MR) is 121 cm³/mol. The average molecular weight is 452 g/mol. The van der Waals surface area contributed by atoms with Gasteiger partial charge in [0.1, 0.15) is 16.7 Å². The van der Waals surface area contributed by atoms with Crippen LogP contribution in [0.25, 0.3) is 0 Å². The van der Waals surface area contributed by atoms with E-state index in [1.54, 1.807) is 49.3 Å². The molecule has 0 fully saturated rings. The van der Waals surface area contributed by atoms with Crippen molar-refractivity contribution in [1.29, 1.82) is 0 Å². The van der Waals surface area contributed by atoms with Crippen LogP contribution in [0.15, 0.2) is 60.8 Å². The van der Waals surface area contributed by atoms with E-state index in [2.05, 4.69) is 10.3 Å². The number of pyridine rings is 1. The molecule has 0 saturated heterocycles. The molecule has 2 aromatic carbocycles. The van der Waals surface area contributed by atoms with Gasteiger partial charge in [0.25, 0.3) is 11.8 Å². The van der Waals surface area contributed by atoms with Gasteiger partial charge in [0.15, 0.2) is 6.10 Å². The Morgan fingerprint density at radius 1 is 1.25 bits per heavy atom. The zero-order chi connectivity index (χ0) is 22.7. The lowest BCUT2D eigenvalue weighted by Gasteiger charge is -2.23. The number of ether oxygens (including phenoxy) is 2. The maximum Gasteiger partial charge on any atom is 0.263 e. The molecule has 4 rings (SSSR count). The molecule has 1 aliphatic heterocycles. The molecule has 1 atom stereocenters. The van der Waals surface area contributed by atoms with Crippen molar-refractivity contribution in [2.24, 2.45) is 0 Å². The number of carbonyl (C=O) groups excluding carboxylic acids is 2. The van der Waals surface area contributed by atoms with Crippen molar-refractivity contribution in [1.82, 2.24) is 9.88 Å². The van der Waals surface area contributed by atoms with Gasteiger partial charge in [-0.3, -0.25) is 9.59 Å². The first-order valence-corrected chi connectivity index (χ1v) is 10.5. The lowest BCUT2D eigenvalue weighted by atomic mass is 10.1. The van der Waals surface area contributed by atoms with Crippen molar-refractivity contribution in [3.8, 4) is 11.5 Å². The van der Waals surface area contributed by atoms with Crippen LogP contribution in [-0.2, 0) is 17.9 Å². The molecule has 1 N–H and O–H groups in total. The highest BCUT2D eigenvalue weighted by Gasteiger charge is 2.28. The third-order valence-electron chi connectivity index (χ3n) is 5.20. The van der Waals surface area contributed by atoms with Crippen molar-refractivity contribution < 1.29 is 19.1 Å². The van der Waals surface area contributed by atoms with Crippen LogP contribution in [0.4, 0.5) is 5.69 Å². The van der Waals surface area contributed by atoms with E-state index in [0.717, 1.165) is 11.1 Å². The Balaban J connectivity index is 1.59. The van der Waals surface area contributed by atoms with Crippen molar-refractivity contribution in [2.75, 3.05) is 12.4 Å². The van der Waals surface area contributed by atoms with Crippen LogP contribution in [0, 0.1) is 0 Å². The van der Waals surface area contributed by atoms with Gasteiger partial charge in [0, 0.05) is 36.1 Å². The monoisotopic (exact) mass is 451 g/mol. The Morgan fingerprint density at radius 2 is 2.06 bits per heavy atom. The number of amides is 2. The van der Waals surface area contributed by atoms with Crippen molar-refractivity contribution in [3.63, 3.8) is 0 Å². The van der Waals surface area contributed by atoms with E-state index < -0.39 is 6.10 Å². The second-order valence-electron chi connectivity index (χ2n) is 7.38. The van der Waals surface area contributed by atoms with Gasteiger partial charge >= 0.3 is 0 Å². The molecule has 2 heterocycles. The Hall–Kier alpha value is -3.58. The van der Waals surface area contributed by atoms with Crippen LogP contribution in [0.3, 0.4) is 0 Å². The summed E-state index contributed by atoms with van der Waals surface area (Å²) < 4.78 is 11.3. The molecule has 1 aliphatic rings. The predicted octanol–water partition coefficient (Wildman–Crippen LogP) is 4.31. The largest absolute Gasteiger partial charge is 0.496 e. The normalized spacial score (nSPS) is 15.4. The minimum absolute atomic E-state index is 0.125. The number of fused-ring (bicyclic) bond motifs is 1. The van der Waals surface area contributed by atoms with Crippen LogP contribution < -0.4 is 14.8 Å². The highest BCUT2D eigenvalue weighted by molar-refractivity contribution is 6.33. The van der Waals surface area contributed by atoms with Crippen LogP contribution >= 0.6 is 11.6 Å². The summed E-state index contributed by atoms with van der Waals surface area (Å²) in [5.74, 6) is 0.825. The Morgan fingerprint density at radius 3 is 2.84 bits per heavy atom. The molecular weight excluding hydrogens is 430 g/mol. The average Bonchev–Trinajstić information content (AvgIpc) is 2.90. The summed E-state index contributed by atoms with van der Waals surface area (Å²) in [5, 5.41) is 2.96. The quantitative estimate of drug-likeness (QED) is 0.585. The molecule has 0 radical (unpaired) electrons. The Labute approximate surface area is 190 Å². The number of aromatic nitrogens is 1. The van der Waals surface area contributed by atoms with Gasteiger partial charge in [0.05, 0.1) is 12.7 Å². The third kappa shape index (κ3) is 4.53. The Kier molecular flexibility index (Phi) is 6.28. The molecule has 164 valence electrons. The van der Waals surface area contributed by atoms with Crippen molar-refractivity contribution in [3.05, 3.63) is 82.6 Å². The number of anilines is 1. The van der Waals surface area contributed by atoms with Gasteiger partial charge in [-0.05, 0) is 43.3 Å². The summed E-state index contributed by atoms with van der Waals surface area (Å²) in [5.41, 5.74) is 2.53. The van der Waals surface area contributed by atoms with E-state index in [0.29, 0.717) is 30.3 Å². The number of rotatable bonds is 5. The summed E-state index contributed by atoms with van der Waals surface area (Å²) in [6.45, 7) is 2.43. The number of hydrogen-bond donors (Lipinski definition) is 1. The number of hydrogen-bond acceptors (Lipinski definition) is 5. The fourth-order valence-corrected chi connectivity index (χ4v) is 3.81. The van der Waals surface area contributed by atoms with Crippen molar-refractivity contribution in [2.45, 2.75) is 26.1 Å². The Bertz CT molecular complexity index is 1170. The molecule has 7 nitrogen and oxygen atoms in total. The summed E-state index contributed by atoms with van der Waals surface area (Å²) in [7, 11) is 1.60. The number of halogens is 1. The number of nitrogens with zero attached hydrogens (tertiary/aromatic N) is 2. The SMILES string of the molecule is COc1ccccc1CN1Cc2cc(NC(=O)c3cccnc3Cl)ccc2O[C@@H](C)C1=O. The number of benzene rings is 2. The van der Waals surface area contributed by atoms with E-state index >= 15 is 0 Å². The zero-order valence-corrected chi connectivity index (χ0v) is 18.4. The number of carbonyl (C=O) groups is 2. The molecule has 8 heteroatoms. The molecule has 0 spiro atoms. The van der Waals surface area contributed by atoms with E-state index in [-0.39, 0.29) is 22.5 Å². The highest BCUT2D eigenvalue weighted by Crippen LogP contribution is 2.30. The second kappa shape index (κ2) is 9.28. The van der Waals surface area contributed by atoms with Gasteiger partial charge in [-0.15, -0.1) is 0 Å². The van der Waals surface area contributed by atoms with Crippen LogP contribution in [0.1, 0.15) is 28.4 Å². The highest BCUT2D eigenvalue weighted by atomic mass is 35.5. The zero-order valence-electron chi connectivity index (χ0n) is 17.7. The maximum absolute atomic E-state index is 13.0. The minimum atomic E-state index is -0.638. The fourth-order valence-electron chi connectivity index (χ4n) is 3.60. The molecule has 0 bridgehead atoms. The topological polar surface area (TPSA) is 80.8 Å². The molecule has 0 unspecified atom stereocenters. The van der Waals surface area contributed by atoms with Gasteiger partial charge in [-0.2, -0.15) is 0 Å². The standard InChI is InChI=1S/C24H22ClN3O4/c1-15-24(30)28(13-16-6-3-4-8-20(16)31-2)14-17-12-18(9-10-21(17)32-15)27-23(29)19-7-5-11-26-22(19)25/h3-12,15H,13-14H2,1-2H3,(H,27,29)/t15-/m0/s1. The lowest BCUT2D eigenvalue weighted by molar-refractivity contribution is -0.138. The minimum Gasteiger partial charge on any atom is -0.496 e. The first-order chi connectivity index (χ1) is 15.5.